The molecule has 2 aromatic rings. The highest BCUT2D eigenvalue weighted by Crippen LogP contribution is 2.17. The van der Waals surface area contributed by atoms with Crippen molar-refractivity contribution in [3.05, 3.63) is 53.1 Å². The molecule has 1 aromatic carbocycles. The Kier molecular flexibility index (Phi) is 5.10. The van der Waals surface area contributed by atoms with Crippen LogP contribution in [0.25, 0.3) is 0 Å². The SMILES string of the molecule is Cc1nc2n(c1C)CCN(C[C@H](O)COCc1ccccc1)C2. The van der Waals surface area contributed by atoms with Crippen LogP contribution in [0, 0.1) is 13.8 Å². The number of nitrogens with zero attached hydrogens (tertiary/aromatic N) is 3. The predicted octanol–water partition coefficient (Wildman–Crippen LogP) is 1.89. The van der Waals surface area contributed by atoms with E-state index in [0.29, 0.717) is 19.8 Å². The molecule has 1 N–H and O–H groups in total. The molecule has 0 radical (unpaired) electrons. The summed E-state index contributed by atoms with van der Waals surface area (Å²) < 4.78 is 7.90. The predicted molar refractivity (Wildman–Crippen MR) is 89.1 cm³/mol. The van der Waals surface area contributed by atoms with Crippen molar-refractivity contribution in [1.82, 2.24) is 14.5 Å². The summed E-state index contributed by atoms with van der Waals surface area (Å²) in [5, 5.41) is 10.2. The maximum Gasteiger partial charge on any atom is 0.123 e. The molecular weight excluding hydrogens is 290 g/mol. The fraction of sp³-hybridized carbons (Fsp3) is 0.500. The number of aromatic nitrogens is 2. The summed E-state index contributed by atoms with van der Waals surface area (Å²) >= 11 is 0. The molecule has 0 saturated heterocycles. The zero-order chi connectivity index (χ0) is 16.2. The quantitative estimate of drug-likeness (QED) is 0.884. The molecule has 0 fully saturated rings. The van der Waals surface area contributed by atoms with E-state index in [0.717, 1.165) is 36.7 Å². The van der Waals surface area contributed by atoms with Crippen molar-refractivity contribution in [2.75, 3.05) is 19.7 Å². The second-order valence-corrected chi connectivity index (χ2v) is 6.24. The van der Waals surface area contributed by atoms with Gasteiger partial charge in [-0.3, -0.25) is 4.90 Å². The van der Waals surface area contributed by atoms with Crippen molar-refractivity contribution in [3.63, 3.8) is 0 Å². The molecule has 2 heterocycles. The first-order valence-electron chi connectivity index (χ1n) is 8.18. The molecule has 124 valence electrons. The van der Waals surface area contributed by atoms with Gasteiger partial charge in [0.1, 0.15) is 5.82 Å². The molecule has 0 bridgehead atoms. The van der Waals surface area contributed by atoms with Crippen LogP contribution in [0.4, 0.5) is 0 Å². The molecule has 0 saturated carbocycles. The van der Waals surface area contributed by atoms with Gasteiger partial charge >= 0.3 is 0 Å². The zero-order valence-electron chi connectivity index (χ0n) is 13.9. The summed E-state index contributed by atoms with van der Waals surface area (Å²) in [4.78, 5) is 6.87. The van der Waals surface area contributed by atoms with Crippen molar-refractivity contribution in [1.29, 1.82) is 0 Å². The van der Waals surface area contributed by atoms with Gasteiger partial charge < -0.3 is 14.4 Å². The lowest BCUT2D eigenvalue weighted by molar-refractivity contribution is 0.00537. The summed E-state index contributed by atoms with van der Waals surface area (Å²) in [6, 6.07) is 10.0. The van der Waals surface area contributed by atoms with Gasteiger partial charge in [-0.25, -0.2) is 4.98 Å². The number of aliphatic hydroxyl groups excluding tert-OH is 1. The number of fused-ring (bicyclic) bond motifs is 1. The van der Waals surface area contributed by atoms with Crippen molar-refractivity contribution in [2.45, 2.75) is 39.6 Å². The number of ether oxygens (including phenoxy) is 1. The van der Waals surface area contributed by atoms with Gasteiger partial charge in [-0.15, -0.1) is 0 Å². The molecule has 5 nitrogen and oxygen atoms in total. The largest absolute Gasteiger partial charge is 0.389 e. The molecular formula is C18H25N3O2. The molecule has 1 atom stereocenters. The molecule has 0 spiro atoms. The summed E-state index contributed by atoms with van der Waals surface area (Å²) in [6.45, 7) is 8.38. The Morgan fingerprint density at radius 1 is 1.22 bits per heavy atom. The van der Waals surface area contributed by atoms with Gasteiger partial charge in [0.25, 0.3) is 0 Å². The van der Waals surface area contributed by atoms with Crippen LogP contribution < -0.4 is 0 Å². The molecule has 0 amide bonds. The first-order valence-corrected chi connectivity index (χ1v) is 8.18. The van der Waals surface area contributed by atoms with Crippen molar-refractivity contribution < 1.29 is 9.84 Å². The van der Waals surface area contributed by atoms with E-state index in [1.54, 1.807) is 0 Å². The van der Waals surface area contributed by atoms with Gasteiger partial charge in [0.05, 0.1) is 31.6 Å². The lowest BCUT2D eigenvalue weighted by atomic mass is 10.2. The van der Waals surface area contributed by atoms with Crippen LogP contribution in [0.3, 0.4) is 0 Å². The number of hydrogen-bond acceptors (Lipinski definition) is 4. The highest BCUT2D eigenvalue weighted by Gasteiger charge is 2.21. The third kappa shape index (κ3) is 3.99. The van der Waals surface area contributed by atoms with Gasteiger partial charge in [-0.2, -0.15) is 0 Å². The van der Waals surface area contributed by atoms with Gasteiger partial charge in [0, 0.05) is 25.3 Å². The smallest absolute Gasteiger partial charge is 0.123 e. The Labute approximate surface area is 137 Å². The van der Waals surface area contributed by atoms with Crippen LogP contribution in [0.5, 0.6) is 0 Å². The molecule has 5 heteroatoms. The normalized spacial score (nSPS) is 16.3. The Morgan fingerprint density at radius 3 is 2.78 bits per heavy atom. The van der Waals surface area contributed by atoms with Crippen LogP contribution in [0.2, 0.25) is 0 Å². The minimum atomic E-state index is -0.470. The van der Waals surface area contributed by atoms with E-state index in [9.17, 15) is 5.11 Å². The fourth-order valence-electron chi connectivity index (χ4n) is 3.06. The molecule has 3 rings (SSSR count). The zero-order valence-corrected chi connectivity index (χ0v) is 13.9. The number of hydrogen-bond donors (Lipinski definition) is 1. The van der Waals surface area contributed by atoms with Gasteiger partial charge in [-0.05, 0) is 19.4 Å². The highest BCUT2D eigenvalue weighted by atomic mass is 16.5. The Balaban J connectivity index is 1.44. The minimum Gasteiger partial charge on any atom is -0.389 e. The summed E-state index contributed by atoms with van der Waals surface area (Å²) in [7, 11) is 0. The molecule has 23 heavy (non-hydrogen) atoms. The Morgan fingerprint density at radius 2 is 2.00 bits per heavy atom. The van der Waals surface area contributed by atoms with Gasteiger partial charge in [-0.1, -0.05) is 30.3 Å². The van der Waals surface area contributed by atoms with E-state index in [-0.39, 0.29) is 0 Å². The third-order valence-electron chi connectivity index (χ3n) is 4.43. The third-order valence-corrected chi connectivity index (χ3v) is 4.43. The topological polar surface area (TPSA) is 50.5 Å². The van der Waals surface area contributed by atoms with Crippen LogP contribution in [-0.2, 0) is 24.4 Å². The van der Waals surface area contributed by atoms with Crippen molar-refractivity contribution in [3.8, 4) is 0 Å². The number of aliphatic hydroxyl groups is 1. The molecule has 0 aliphatic carbocycles. The van der Waals surface area contributed by atoms with Crippen LogP contribution in [0.1, 0.15) is 22.8 Å². The number of benzene rings is 1. The number of imidazole rings is 1. The maximum atomic E-state index is 10.2. The summed E-state index contributed by atoms with van der Waals surface area (Å²) in [5.41, 5.74) is 3.49. The first-order chi connectivity index (χ1) is 11.1. The fourth-order valence-corrected chi connectivity index (χ4v) is 3.06. The Bertz CT molecular complexity index is 639. The number of β-amino-alcohol motifs (C(OH)–C–C–N with tert-alkyl or cyclic N) is 1. The number of aryl methyl sites for hydroxylation is 1. The van der Waals surface area contributed by atoms with Crippen LogP contribution in [0.15, 0.2) is 30.3 Å². The van der Waals surface area contributed by atoms with E-state index in [1.807, 2.05) is 30.3 Å². The van der Waals surface area contributed by atoms with Crippen molar-refractivity contribution >= 4 is 0 Å². The molecule has 0 unspecified atom stereocenters. The Hall–Kier alpha value is -1.69. The standard InChI is InChI=1S/C18H25N3O2/c1-14-15(2)21-9-8-20(11-18(21)19-14)10-17(22)13-23-12-16-6-4-3-5-7-16/h3-7,17,22H,8-13H2,1-2H3/t17-/m0/s1. The minimum absolute atomic E-state index is 0.359. The van der Waals surface area contributed by atoms with E-state index in [2.05, 4.69) is 28.3 Å². The number of rotatable bonds is 6. The second-order valence-electron chi connectivity index (χ2n) is 6.24. The highest BCUT2D eigenvalue weighted by molar-refractivity contribution is 5.15. The lowest BCUT2D eigenvalue weighted by Gasteiger charge is -2.29. The summed E-state index contributed by atoms with van der Waals surface area (Å²) in [6.07, 6.45) is -0.470. The average molecular weight is 315 g/mol. The second kappa shape index (κ2) is 7.25. The lowest BCUT2D eigenvalue weighted by Crippen LogP contribution is -2.40. The van der Waals surface area contributed by atoms with Gasteiger partial charge in [0.15, 0.2) is 0 Å². The van der Waals surface area contributed by atoms with E-state index >= 15 is 0 Å². The average Bonchev–Trinajstić information content (AvgIpc) is 2.82. The molecule has 1 aliphatic rings. The molecule has 1 aliphatic heterocycles. The van der Waals surface area contributed by atoms with Crippen LogP contribution in [-0.4, -0.2) is 45.4 Å². The van der Waals surface area contributed by atoms with E-state index in [4.69, 9.17) is 4.74 Å². The van der Waals surface area contributed by atoms with Crippen LogP contribution >= 0.6 is 0 Å². The molecule has 1 aromatic heterocycles. The van der Waals surface area contributed by atoms with E-state index in [1.165, 1.54) is 5.69 Å². The van der Waals surface area contributed by atoms with E-state index < -0.39 is 6.10 Å². The van der Waals surface area contributed by atoms with Gasteiger partial charge in [0.2, 0.25) is 0 Å². The maximum absolute atomic E-state index is 10.2. The monoisotopic (exact) mass is 315 g/mol. The first kappa shape index (κ1) is 16.2. The van der Waals surface area contributed by atoms with Crippen molar-refractivity contribution in [2.24, 2.45) is 0 Å². The summed E-state index contributed by atoms with van der Waals surface area (Å²) in [5.74, 6) is 1.10.